The Kier molecular flexibility index (Phi) is 5.83. The van der Waals surface area contributed by atoms with Crippen LogP contribution in [0.25, 0.3) is 0 Å². The summed E-state index contributed by atoms with van der Waals surface area (Å²) in [5, 5.41) is 18.4. The molecular formula is C25H25F5N6O2. The summed E-state index contributed by atoms with van der Waals surface area (Å²) in [4.78, 5) is 9.53. The van der Waals surface area contributed by atoms with Gasteiger partial charge in [0.05, 0.1) is 24.5 Å². The van der Waals surface area contributed by atoms with Crippen LogP contribution in [0.1, 0.15) is 49.0 Å². The highest BCUT2D eigenvalue weighted by Crippen LogP contribution is 2.51. The average Bonchev–Trinajstić information content (AvgIpc) is 3.57. The van der Waals surface area contributed by atoms with Crippen LogP contribution in [0, 0.1) is 0 Å². The van der Waals surface area contributed by atoms with Gasteiger partial charge in [-0.15, -0.1) is 0 Å². The Morgan fingerprint density at radius 3 is 2.50 bits per heavy atom. The minimum atomic E-state index is -4.34. The van der Waals surface area contributed by atoms with Crippen molar-refractivity contribution in [3.8, 4) is 11.5 Å². The van der Waals surface area contributed by atoms with Crippen molar-refractivity contribution in [1.29, 1.82) is 0 Å². The molecule has 3 aromatic heterocycles. The number of hydrogen-bond donors (Lipinski definition) is 2. The van der Waals surface area contributed by atoms with Gasteiger partial charge in [-0.3, -0.25) is 14.6 Å². The Morgan fingerprint density at radius 2 is 1.82 bits per heavy atom. The number of aliphatic hydroxyl groups is 1. The minimum absolute atomic E-state index is 0.172. The Labute approximate surface area is 214 Å². The zero-order valence-corrected chi connectivity index (χ0v) is 20.1. The lowest BCUT2D eigenvalue weighted by atomic mass is 9.79. The Balaban J connectivity index is 1.15. The van der Waals surface area contributed by atoms with E-state index in [0.717, 1.165) is 17.7 Å². The van der Waals surface area contributed by atoms with Gasteiger partial charge in [0.15, 0.2) is 5.75 Å². The van der Waals surface area contributed by atoms with Gasteiger partial charge in [-0.25, -0.2) is 13.8 Å². The minimum Gasteiger partial charge on any atom is -0.454 e. The predicted octanol–water partition coefficient (Wildman–Crippen LogP) is 5.12. The van der Waals surface area contributed by atoms with Crippen molar-refractivity contribution in [1.82, 2.24) is 24.6 Å². The van der Waals surface area contributed by atoms with Crippen molar-refractivity contribution in [3.63, 3.8) is 0 Å². The van der Waals surface area contributed by atoms with Gasteiger partial charge in [0.2, 0.25) is 5.92 Å². The molecule has 1 aliphatic heterocycles. The van der Waals surface area contributed by atoms with Gasteiger partial charge in [-0.2, -0.15) is 18.3 Å². The summed E-state index contributed by atoms with van der Waals surface area (Å²) in [6.07, 6.45) is 1.89. The van der Waals surface area contributed by atoms with Crippen LogP contribution in [0.3, 0.4) is 0 Å². The molecule has 2 N–H and O–H groups in total. The van der Waals surface area contributed by atoms with E-state index in [9.17, 15) is 27.1 Å². The molecule has 0 radical (unpaired) electrons. The van der Waals surface area contributed by atoms with Crippen LogP contribution >= 0.6 is 0 Å². The van der Waals surface area contributed by atoms with Crippen molar-refractivity contribution in [3.05, 3.63) is 54.2 Å². The summed E-state index contributed by atoms with van der Waals surface area (Å²) in [6.45, 7) is -1.43. The number of hydrogen-bond acceptors (Lipinski definition) is 7. The van der Waals surface area contributed by atoms with Crippen LogP contribution in [0.2, 0.25) is 0 Å². The summed E-state index contributed by atoms with van der Waals surface area (Å²) < 4.78 is 72.7. The quantitative estimate of drug-likeness (QED) is 0.387. The number of alkyl halides is 5. The molecule has 3 aromatic rings. The summed E-state index contributed by atoms with van der Waals surface area (Å²) in [5.74, 6) is -1.76. The first kappa shape index (κ1) is 25.0. The van der Waals surface area contributed by atoms with Crippen LogP contribution < -0.4 is 10.1 Å². The number of rotatable bonds is 8. The molecule has 202 valence electrons. The maximum Gasteiger partial charge on any atom is 0.401 e. The Hall–Kier alpha value is -3.32. The molecule has 0 unspecified atom stereocenters. The first-order valence-corrected chi connectivity index (χ1v) is 12.3. The van der Waals surface area contributed by atoms with Crippen LogP contribution in [-0.2, 0) is 5.60 Å². The number of nitrogens with zero attached hydrogens (tertiary/aromatic N) is 5. The fourth-order valence-corrected chi connectivity index (χ4v) is 4.93. The van der Waals surface area contributed by atoms with E-state index < -0.39 is 24.2 Å². The molecule has 38 heavy (non-hydrogen) atoms. The first-order chi connectivity index (χ1) is 17.9. The van der Waals surface area contributed by atoms with E-state index in [0.29, 0.717) is 28.7 Å². The highest BCUT2D eigenvalue weighted by molar-refractivity contribution is 5.58. The molecule has 0 amide bonds. The lowest BCUT2D eigenvalue weighted by Crippen LogP contribution is -2.61. The van der Waals surface area contributed by atoms with Crippen molar-refractivity contribution < 1.29 is 31.8 Å². The van der Waals surface area contributed by atoms with Crippen LogP contribution in [-0.4, -0.2) is 61.5 Å². The number of anilines is 2. The molecule has 3 aliphatic rings. The van der Waals surface area contributed by atoms with E-state index >= 15 is 0 Å². The maximum atomic E-state index is 13.5. The number of halogens is 5. The van der Waals surface area contributed by atoms with Gasteiger partial charge >= 0.3 is 6.18 Å². The van der Waals surface area contributed by atoms with E-state index in [4.69, 9.17) is 4.74 Å². The lowest BCUT2D eigenvalue weighted by molar-refractivity contribution is -0.189. The molecule has 2 saturated carbocycles. The monoisotopic (exact) mass is 536 g/mol. The topological polar surface area (TPSA) is 88.3 Å². The van der Waals surface area contributed by atoms with E-state index in [1.807, 2.05) is 0 Å². The van der Waals surface area contributed by atoms with Crippen LogP contribution in [0.5, 0.6) is 11.5 Å². The van der Waals surface area contributed by atoms with Crippen LogP contribution in [0.4, 0.5) is 33.5 Å². The zero-order valence-electron chi connectivity index (χ0n) is 20.1. The molecule has 3 fully saturated rings. The third-order valence-corrected chi connectivity index (χ3v) is 6.96. The Morgan fingerprint density at radius 1 is 1.08 bits per heavy atom. The number of aromatic nitrogens is 4. The summed E-state index contributed by atoms with van der Waals surface area (Å²) >= 11 is 0. The third kappa shape index (κ3) is 5.30. The van der Waals surface area contributed by atoms with Gasteiger partial charge < -0.3 is 15.2 Å². The second kappa shape index (κ2) is 8.87. The fraction of sp³-hybridized carbons (Fsp3) is 0.480. The van der Waals surface area contributed by atoms with E-state index in [1.54, 1.807) is 35.1 Å². The molecular weight excluding hydrogens is 511 g/mol. The molecule has 0 aromatic carbocycles. The Bertz CT molecular complexity index is 1330. The van der Waals surface area contributed by atoms with Gasteiger partial charge in [-0.05, 0) is 31.0 Å². The summed E-state index contributed by atoms with van der Waals surface area (Å²) in [5.41, 5.74) is -0.164. The van der Waals surface area contributed by atoms with E-state index in [-0.39, 0.29) is 43.6 Å². The van der Waals surface area contributed by atoms with Gasteiger partial charge in [0.25, 0.3) is 0 Å². The smallest absolute Gasteiger partial charge is 0.401 e. The van der Waals surface area contributed by atoms with E-state index in [2.05, 4.69) is 20.4 Å². The summed E-state index contributed by atoms with van der Waals surface area (Å²) in [7, 11) is 0. The van der Waals surface area contributed by atoms with Gasteiger partial charge in [0, 0.05) is 56.0 Å². The molecule has 13 heteroatoms. The van der Waals surface area contributed by atoms with Crippen molar-refractivity contribution in [2.75, 3.05) is 25.0 Å². The number of likely N-dealkylation sites (tertiary alicyclic amines) is 1. The highest BCUT2D eigenvalue weighted by atomic mass is 19.4. The second-order valence-corrected chi connectivity index (χ2v) is 10.4. The van der Waals surface area contributed by atoms with Gasteiger partial charge in [0.1, 0.15) is 22.9 Å². The van der Waals surface area contributed by atoms with Crippen molar-refractivity contribution in [2.45, 2.75) is 55.3 Å². The zero-order chi connectivity index (χ0) is 26.7. The number of pyridine rings is 2. The molecule has 0 bridgehead atoms. The molecule has 8 nitrogen and oxygen atoms in total. The van der Waals surface area contributed by atoms with Crippen LogP contribution in [0.15, 0.2) is 42.9 Å². The lowest BCUT2D eigenvalue weighted by Gasteiger charge is -2.46. The fourth-order valence-electron chi connectivity index (χ4n) is 4.93. The highest BCUT2D eigenvalue weighted by Gasteiger charge is 2.49. The molecule has 6 rings (SSSR count). The van der Waals surface area contributed by atoms with Crippen molar-refractivity contribution >= 4 is 11.5 Å². The molecule has 1 saturated heterocycles. The number of nitrogens with one attached hydrogen (secondary N) is 1. The second-order valence-electron chi connectivity index (χ2n) is 10.4. The predicted molar refractivity (Wildman–Crippen MR) is 126 cm³/mol. The third-order valence-electron chi connectivity index (χ3n) is 6.96. The SMILES string of the molecule is OC1(c2cc(Nc3cc(Oc4cn(C5CC5)nc4C4CC(F)(F)C4)ccn3)ccn2)CN(CC(F)(F)F)C1. The average molecular weight is 537 g/mol. The van der Waals surface area contributed by atoms with Crippen molar-refractivity contribution in [2.24, 2.45) is 0 Å². The normalized spacial score (nSPS) is 21.0. The number of β-amino-alcohol motifs (C(OH)–C–C–N with tert-alkyl or cyclic N) is 1. The molecule has 0 atom stereocenters. The van der Waals surface area contributed by atoms with E-state index in [1.165, 1.54) is 12.4 Å². The standard InChI is InChI=1S/C25H25F5N6O2/c26-24(27)9-15(10-24)22-19(11-36(34-22)17-1-2-17)38-18-4-6-32-21(8-18)33-16-3-5-31-20(7-16)23(37)12-35(13-23)14-25(28,29)30/h3-8,11,15,17,37H,1-2,9-10,12-14H2,(H,31,32,33). The molecule has 4 heterocycles. The largest absolute Gasteiger partial charge is 0.454 e. The van der Waals surface area contributed by atoms with Gasteiger partial charge in [-0.1, -0.05) is 0 Å². The first-order valence-electron chi connectivity index (χ1n) is 12.3. The molecule has 0 spiro atoms. The summed E-state index contributed by atoms with van der Waals surface area (Å²) in [6, 6.07) is 6.76. The number of ether oxygens (including phenoxy) is 1. The molecule has 2 aliphatic carbocycles. The maximum absolute atomic E-state index is 13.5.